The highest BCUT2D eigenvalue weighted by atomic mass is 28.4. The fraction of sp³-hybridized carbons (Fsp3) is 1.00. The number of hydrogen-bond acceptors (Lipinski definition) is 3. The van der Waals surface area contributed by atoms with Crippen molar-refractivity contribution in [2.75, 3.05) is 26.5 Å². The van der Waals surface area contributed by atoms with Crippen LogP contribution in [-0.2, 0) is 13.3 Å². The van der Waals surface area contributed by atoms with Crippen LogP contribution in [0.3, 0.4) is 0 Å². The molecule has 0 fully saturated rings. The molecule has 0 aliphatic heterocycles. The summed E-state index contributed by atoms with van der Waals surface area (Å²) < 4.78 is 42.6. The second-order valence-corrected chi connectivity index (χ2v) is 6.47. The zero-order valence-corrected chi connectivity index (χ0v) is 12.0. The molecular formula is C11H24F2O3Si. The molecule has 0 saturated carbocycles. The Morgan fingerprint density at radius 1 is 0.882 bits per heavy atom. The number of alkyl halides is 2. The van der Waals surface area contributed by atoms with Crippen LogP contribution in [0, 0.1) is 0 Å². The van der Waals surface area contributed by atoms with Gasteiger partial charge in [-0.05, 0) is 19.3 Å². The Balaban J connectivity index is 4.63. The Hall–Kier alpha value is -0.0431. The molecule has 1 atom stereocenters. The first kappa shape index (κ1) is 17.0. The summed E-state index contributed by atoms with van der Waals surface area (Å²) in [7, 11) is -3.50. The van der Waals surface area contributed by atoms with Crippen LogP contribution in [-0.4, -0.2) is 41.1 Å². The molecule has 0 spiro atoms. The van der Waals surface area contributed by atoms with Crippen LogP contribution in [0.4, 0.5) is 8.78 Å². The third-order valence-corrected chi connectivity index (χ3v) is 4.78. The number of halogens is 2. The third kappa shape index (κ3) is 5.90. The van der Waals surface area contributed by atoms with E-state index in [2.05, 4.69) is 0 Å². The van der Waals surface area contributed by atoms with Crippen LogP contribution in [0.2, 0.25) is 0 Å². The molecule has 0 saturated heterocycles. The Bertz CT molecular complexity index is 162. The second-order valence-electron chi connectivity index (χ2n) is 3.77. The predicted octanol–water partition coefficient (Wildman–Crippen LogP) is 3.05. The topological polar surface area (TPSA) is 27.7 Å². The SMILES string of the molecule is CCCO[Si](OCCC)(OCCC)C(F)CF. The lowest BCUT2D eigenvalue weighted by atomic mass is 10.5. The van der Waals surface area contributed by atoms with Gasteiger partial charge >= 0.3 is 8.80 Å². The molecule has 0 aromatic heterocycles. The van der Waals surface area contributed by atoms with E-state index in [9.17, 15) is 8.78 Å². The van der Waals surface area contributed by atoms with Gasteiger partial charge in [0.05, 0.1) is 0 Å². The summed E-state index contributed by atoms with van der Waals surface area (Å²) in [5, 5.41) is 0. The highest BCUT2D eigenvalue weighted by Crippen LogP contribution is 2.20. The standard InChI is InChI=1S/C11H24F2O3Si/c1-4-7-14-17(11(13)10-12,15-8-5-2)16-9-6-3/h11H,4-10H2,1-3H3. The van der Waals surface area contributed by atoms with Crippen molar-refractivity contribution >= 4 is 8.80 Å². The average molecular weight is 270 g/mol. The van der Waals surface area contributed by atoms with Crippen molar-refractivity contribution in [3.8, 4) is 0 Å². The molecule has 0 bridgehead atoms. The van der Waals surface area contributed by atoms with Gasteiger partial charge in [-0.1, -0.05) is 20.8 Å². The molecule has 0 aliphatic rings. The zero-order chi connectivity index (χ0) is 13.1. The van der Waals surface area contributed by atoms with E-state index in [0.717, 1.165) is 19.3 Å². The summed E-state index contributed by atoms with van der Waals surface area (Å²) in [6, 6.07) is 0. The number of rotatable bonds is 11. The fourth-order valence-electron chi connectivity index (χ4n) is 1.22. The molecule has 104 valence electrons. The third-order valence-electron chi connectivity index (χ3n) is 2.04. The van der Waals surface area contributed by atoms with Crippen molar-refractivity contribution in [2.24, 2.45) is 0 Å². The van der Waals surface area contributed by atoms with Crippen LogP contribution in [0.5, 0.6) is 0 Å². The molecule has 0 amide bonds. The van der Waals surface area contributed by atoms with Gasteiger partial charge in [0.25, 0.3) is 0 Å². The molecule has 0 rings (SSSR count). The predicted molar refractivity (Wildman–Crippen MR) is 65.4 cm³/mol. The van der Waals surface area contributed by atoms with Crippen molar-refractivity contribution in [1.29, 1.82) is 0 Å². The quantitative estimate of drug-likeness (QED) is 0.540. The molecule has 17 heavy (non-hydrogen) atoms. The molecule has 0 heterocycles. The molecular weight excluding hydrogens is 246 g/mol. The maximum absolute atomic E-state index is 13.7. The van der Waals surface area contributed by atoms with E-state index < -0.39 is 21.3 Å². The van der Waals surface area contributed by atoms with Gasteiger partial charge in [0, 0.05) is 19.8 Å². The minimum atomic E-state index is -3.50. The fourth-order valence-corrected chi connectivity index (χ4v) is 3.67. The van der Waals surface area contributed by atoms with E-state index >= 15 is 0 Å². The second kappa shape index (κ2) is 9.93. The van der Waals surface area contributed by atoms with Crippen LogP contribution >= 0.6 is 0 Å². The zero-order valence-electron chi connectivity index (χ0n) is 11.0. The number of hydrogen-bond donors (Lipinski definition) is 0. The van der Waals surface area contributed by atoms with Gasteiger partial charge in [-0.2, -0.15) is 0 Å². The van der Waals surface area contributed by atoms with Crippen LogP contribution in [0.15, 0.2) is 0 Å². The summed E-state index contributed by atoms with van der Waals surface area (Å²) >= 11 is 0. The van der Waals surface area contributed by atoms with E-state index in [4.69, 9.17) is 13.3 Å². The minimum absolute atomic E-state index is 0.333. The van der Waals surface area contributed by atoms with Gasteiger partial charge in [-0.25, -0.2) is 8.78 Å². The van der Waals surface area contributed by atoms with Crippen molar-refractivity contribution < 1.29 is 22.1 Å². The molecule has 6 heteroatoms. The van der Waals surface area contributed by atoms with Gasteiger partial charge in [-0.15, -0.1) is 0 Å². The van der Waals surface area contributed by atoms with E-state index in [1.165, 1.54) is 0 Å². The van der Waals surface area contributed by atoms with Gasteiger partial charge in [0.1, 0.15) is 6.67 Å². The normalized spacial score (nSPS) is 13.9. The Kier molecular flexibility index (Phi) is 9.91. The molecule has 0 aromatic rings. The van der Waals surface area contributed by atoms with Crippen molar-refractivity contribution in [2.45, 2.75) is 45.8 Å². The highest BCUT2D eigenvalue weighted by molar-refractivity contribution is 6.62. The van der Waals surface area contributed by atoms with Crippen LogP contribution < -0.4 is 0 Å². The summed E-state index contributed by atoms with van der Waals surface area (Å²) in [6.45, 7) is 5.59. The Labute approximate surface area is 104 Å². The lowest BCUT2D eigenvalue weighted by Crippen LogP contribution is -2.56. The summed E-state index contributed by atoms with van der Waals surface area (Å²) in [6.07, 6.45) is 2.16. The van der Waals surface area contributed by atoms with E-state index in [1.807, 2.05) is 20.8 Å². The summed E-state index contributed by atoms with van der Waals surface area (Å²) in [5.74, 6) is -1.79. The molecule has 0 aliphatic carbocycles. The molecule has 0 radical (unpaired) electrons. The van der Waals surface area contributed by atoms with Gasteiger partial charge in [0.2, 0.25) is 0 Å². The monoisotopic (exact) mass is 270 g/mol. The first-order valence-corrected chi connectivity index (χ1v) is 8.08. The van der Waals surface area contributed by atoms with E-state index in [-0.39, 0.29) is 0 Å². The maximum atomic E-state index is 13.7. The van der Waals surface area contributed by atoms with Crippen molar-refractivity contribution in [1.82, 2.24) is 0 Å². The Morgan fingerprint density at radius 2 is 1.24 bits per heavy atom. The van der Waals surface area contributed by atoms with E-state index in [0.29, 0.717) is 19.8 Å². The van der Waals surface area contributed by atoms with Crippen LogP contribution in [0.25, 0.3) is 0 Å². The lowest BCUT2D eigenvalue weighted by Gasteiger charge is -2.30. The molecule has 0 N–H and O–H groups in total. The summed E-state index contributed by atoms with van der Waals surface area (Å²) in [5.41, 5.74) is 0. The first-order chi connectivity index (χ1) is 8.16. The van der Waals surface area contributed by atoms with E-state index in [1.54, 1.807) is 0 Å². The van der Waals surface area contributed by atoms with Crippen molar-refractivity contribution in [3.05, 3.63) is 0 Å². The van der Waals surface area contributed by atoms with Gasteiger partial charge in [0.15, 0.2) is 5.79 Å². The highest BCUT2D eigenvalue weighted by Gasteiger charge is 2.51. The Morgan fingerprint density at radius 3 is 1.47 bits per heavy atom. The van der Waals surface area contributed by atoms with Crippen LogP contribution in [0.1, 0.15) is 40.0 Å². The molecule has 0 aromatic carbocycles. The molecule has 1 unspecified atom stereocenters. The van der Waals surface area contributed by atoms with Crippen molar-refractivity contribution in [3.63, 3.8) is 0 Å². The minimum Gasteiger partial charge on any atom is -0.372 e. The van der Waals surface area contributed by atoms with Gasteiger partial charge in [-0.3, -0.25) is 0 Å². The average Bonchev–Trinajstić information content (AvgIpc) is 2.37. The van der Waals surface area contributed by atoms with Gasteiger partial charge < -0.3 is 13.3 Å². The maximum Gasteiger partial charge on any atom is 0.539 e. The first-order valence-electron chi connectivity index (χ1n) is 6.28. The smallest absolute Gasteiger partial charge is 0.372 e. The molecule has 3 nitrogen and oxygen atoms in total. The largest absolute Gasteiger partial charge is 0.539 e. The lowest BCUT2D eigenvalue weighted by molar-refractivity contribution is 0.0290. The summed E-state index contributed by atoms with van der Waals surface area (Å²) in [4.78, 5) is 0.